The van der Waals surface area contributed by atoms with Gasteiger partial charge in [0.25, 0.3) is 0 Å². The normalized spacial score (nSPS) is 24.4. The average Bonchev–Trinajstić information content (AvgIpc) is 2.77. The van der Waals surface area contributed by atoms with E-state index in [1.807, 2.05) is 12.1 Å². The van der Waals surface area contributed by atoms with Crippen molar-refractivity contribution in [2.75, 3.05) is 33.4 Å². The third kappa shape index (κ3) is 3.02. The van der Waals surface area contributed by atoms with Crippen molar-refractivity contribution in [2.45, 2.75) is 18.4 Å². The molecule has 18 heavy (non-hydrogen) atoms. The number of benzene rings is 1. The Morgan fingerprint density at radius 1 is 1.44 bits per heavy atom. The van der Waals surface area contributed by atoms with Crippen LogP contribution in [-0.2, 0) is 0 Å². The lowest BCUT2D eigenvalue weighted by atomic mass is 9.95. The van der Waals surface area contributed by atoms with Gasteiger partial charge in [0.15, 0.2) is 0 Å². The van der Waals surface area contributed by atoms with E-state index in [0.717, 1.165) is 31.8 Å². The minimum atomic E-state index is 0.163. The van der Waals surface area contributed by atoms with E-state index in [0.29, 0.717) is 5.92 Å². The summed E-state index contributed by atoms with van der Waals surface area (Å²) in [5.41, 5.74) is 7.46. The van der Waals surface area contributed by atoms with Crippen molar-refractivity contribution in [3.8, 4) is 5.75 Å². The zero-order chi connectivity index (χ0) is 13.0. The zero-order valence-corrected chi connectivity index (χ0v) is 10.9. The summed E-state index contributed by atoms with van der Waals surface area (Å²) in [6.45, 7) is 3.04. The number of hydrogen-bond donors (Lipinski definition) is 2. The summed E-state index contributed by atoms with van der Waals surface area (Å²) in [5, 5.41) is 8.87. The highest BCUT2D eigenvalue weighted by molar-refractivity contribution is 5.32. The Kier molecular flexibility index (Phi) is 4.58. The Morgan fingerprint density at radius 2 is 2.28 bits per heavy atom. The molecule has 3 N–H and O–H groups in total. The van der Waals surface area contributed by atoms with E-state index in [4.69, 9.17) is 15.6 Å². The predicted octanol–water partition coefficient (Wildman–Crippen LogP) is 0.804. The third-order valence-corrected chi connectivity index (χ3v) is 3.60. The van der Waals surface area contributed by atoms with Crippen molar-refractivity contribution < 1.29 is 9.84 Å². The molecule has 0 radical (unpaired) electrons. The number of nitrogens with two attached hydrogens (primary N) is 1. The van der Waals surface area contributed by atoms with Crippen LogP contribution in [0.5, 0.6) is 5.75 Å². The lowest BCUT2D eigenvalue weighted by molar-refractivity contribution is 0.246. The quantitative estimate of drug-likeness (QED) is 0.811. The largest absolute Gasteiger partial charge is 0.497 e. The average molecular weight is 250 g/mol. The van der Waals surface area contributed by atoms with E-state index in [1.54, 1.807) is 7.11 Å². The van der Waals surface area contributed by atoms with Gasteiger partial charge in [-0.25, -0.2) is 0 Å². The zero-order valence-electron chi connectivity index (χ0n) is 10.9. The molecular formula is C14H22N2O2. The van der Waals surface area contributed by atoms with Crippen molar-refractivity contribution in [3.05, 3.63) is 29.8 Å². The topological polar surface area (TPSA) is 58.7 Å². The minimum Gasteiger partial charge on any atom is -0.497 e. The lowest BCUT2D eigenvalue weighted by Gasteiger charge is -2.16. The molecule has 0 amide bonds. The van der Waals surface area contributed by atoms with Gasteiger partial charge in [-0.1, -0.05) is 12.1 Å². The summed E-state index contributed by atoms with van der Waals surface area (Å²) in [6.07, 6.45) is 0.817. The predicted molar refractivity (Wildman–Crippen MR) is 71.9 cm³/mol. The Balaban J connectivity index is 2.04. The van der Waals surface area contributed by atoms with Crippen LogP contribution in [0.1, 0.15) is 17.9 Å². The van der Waals surface area contributed by atoms with Gasteiger partial charge in [0.05, 0.1) is 7.11 Å². The first kappa shape index (κ1) is 13.3. The maximum absolute atomic E-state index is 8.87. The molecule has 0 saturated carbocycles. The number of rotatable bonds is 5. The number of nitrogens with zero attached hydrogens (tertiary/aromatic N) is 1. The van der Waals surface area contributed by atoms with Gasteiger partial charge in [-0.05, 0) is 24.1 Å². The number of aliphatic hydroxyl groups is 1. The highest BCUT2D eigenvalue weighted by atomic mass is 16.5. The number of likely N-dealkylation sites (tertiary alicyclic amines) is 1. The minimum absolute atomic E-state index is 0.163. The van der Waals surface area contributed by atoms with Gasteiger partial charge in [0.2, 0.25) is 0 Å². The lowest BCUT2D eigenvalue weighted by Crippen LogP contribution is -2.29. The van der Waals surface area contributed by atoms with Crippen LogP contribution in [0.4, 0.5) is 0 Å². The first-order valence-corrected chi connectivity index (χ1v) is 6.47. The number of aliphatic hydroxyl groups excluding tert-OH is 1. The van der Waals surface area contributed by atoms with Crippen molar-refractivity contribution in [2.24, 2.45) is 5.73 Å². The fourth-order valence-electron chi connectivity index (χ4n) is 2.62. The number of ether oxygens (including phenoxy) is 1. The van der Waals surface area contributed by atoms with E-state index in [9.17, 15) is 0 Å². The summed E-state index contributed by atoms with van der Waals surface area (Å²) in [6, 6.07) is 8.31. The molecule has 1 saturated heterocycles. The molecule has 0 spiro atoms. The molecule has 1 fully saturated rings. The van der Waals surface area contributed by atoms with Crippen molar-refractivity contribution in [3.63, 3.8) is 0 Å². The molecule has 0 aliphatic carbocycles. The van der Waals surface area contributed by atoms with Crippen molar-refractivity contribution in [1.82, 2.24) is 4.90 Å². The van der Waals surface area contributed by atoms with Crippen LogP contribution in [0.3, 0.4) is 0 Å². The first-order chi connectivity index (χ1) is 8.74. The molecule has 1 aromatic rings. The van der Waals surface area contributed by atoms with Gasteiger partial charge in [-0.3, -0.25) is 0 Å². The Labute approximate surface area is 108 Å². The Morgan fingerprint density at radius 3 is 3.00 bits per heavy atom. The molecule has 1 heterocycles. The van der Waals surface area contributed by atoms with E-state index < -0.39 is 0 Å². The highest BCUT2D eigenvalue weighted by Gasteiger charge is 2.30. The summed E-state index contributed by atoms with van der Waals surface area (Å²) < 4.78 is 5.25. The maximum atomic E-state index is 8.87. The second-order valence-corrected chi connectivity index (χ2v) is 4.88. The van der Waals surface area contributed by atoms with Crippen LogP contribution in [0.25, 0.3) is 0 Å². The SMILES string of the molecule is COc1cccc([C@H]2CN(CCCO)C[C@@H]2N)c1. The maximum Gasteiger partial charge on any atom is 0.119 e. The smallest absolute Gasteiger partial charge is 0.119 e. The molecule has 2 atom stereocenters. The summed E-state index contributed by atoms with van der Waals surface area (Å²) >= 11 is 0. The molecule has 4 heteroatoms. The van der Waals surface area contributed by atoms with Gasteiger partial charge in [-0.2, -0.15) is 0 Å². The monoisotopic (exact) mass is 250 g/mol. The van der Waals surface area contributed by atoms with Gasteiger partial charge < -0.3 is 20.5 Å². The molecule has 0 aromatic heterocycles. The van der Waals surface area contributed by atoms with Crippen LogP contribution in [0.2, 0.25) is 0 Å². The molecule has 2 rings (SSSR count). The van der Waals surface area contributed by atoms with E-state index >= 15 is 0 Å². The molecule has 0 unspecified atom stereocenters. The Bertz CT molecular complexity index is 384. The van der Waals surface area contributed by atoms with E-state index in [-0.39, 0.29) is 12.6 Å². The van der Waals surface area contributed by atoms with Crippen LogP contribution in [-0.4, -0.2) is 49.4 Å². The van der Waals surface area contributed by atoms with Crippen LogP contribution >= 0.6 is 0 Å². The van der Waals surface area contributed by atoms with Gasteiger partial charge in [0, 0.05) is 38.2 Å². The highest BCUT2D eigenvalue weighted by Crippen LogP contribution is 2.28. The fourth-order valence-corrected chi connectivity index (χ4v) is 2.62. The number of hydrogen-bond acceptors (Lipinski definition) is 4. The van der Waals surface area contributed by atoms with Crippen molar-refractivity contribution >= 4 is 0 Å². The second-order valence-electron chi connectivity index (χ2n) is 4.88. The summed E-state index contributed by atoms with van der Waals surface area (Å²) in [7, 11) is 1.68. The first-order valence-electron chi connectivity index (χ1n) is 6.47. The molecule has 4 nitrogen and oxygen atoms in total. The van der Waals surface area contributed by atoms with Crippen LogP contribution < -0.4 is 10.5 Å². The van der Waals surface area contributed by atoms with Crippen molar-refractivity contribution in [1.29, 1.82) is 0 Å². The summed E-state index contributed by atoms with van der Waals surface area (Å²) in [4.78, 5) is 2.32. The fraction of sp³-hybridized carbons (Fsp3) is 0.571. The second kappa shape index (κ2) is 6.18. The van der Waals surface area contributed by atoms with Gasteiger partial charge in [0.1, 0.15) is 5.75 Å². The standard InChI is InChI=1S/C14H22N2O2/c1-18-12-5-2-4-11(8-12)13-9-16(6-3-7-17)10-14(13)15/h2,4-5,8,13-14,17H,3,6-7,9-10,15H2,1H3/t13-,14+/m1/s1. The van der Waals surface area contributed by atoms with E-state index in [1.165, 1.54) is 5.56 Å². The molecule has 100 valence electrons. The Hall–Kier alpha value is -1.10. The summed E-state index contributed by atoms with van der Waals surface area (Å²) in [5.74, 6) is 1.24. The van der Waals surface area contributed by atoms with Crippen LogP contribution in [0.15, 0.2) is 24.3 Å². The molecule has 1 aliphatic heterocycles. The molecule has 1 aliphatic rings. The molecule has 1 aromatic carbocycles. The number of methoxy groups -OCH3 is 1. The van der Waals surface area contributed by atoms with E-state index in [2.05, 4.69) is 17.0 Å². The molecule has 0 bridgehead atoms. The van der Waals surface area contributed by atoms with Crippen LogP contribution in [0, 0.1) is 0 Å². The third-order valence-electron chi connectivity index (χ3n) is 3.60. The van der Waals surface area contributed by atoms with Gasteiger partial charge >= 0.3 is 0 Å². The molecular weight excluding hydrogens is 228 g/mol. The van der Waals surface area contributed by atoms with Gasteiger partial charge in [-0.15, -0.1) is 0 Å².